The van der Waals surface area contributed by atoms with Crippen LogP contribution in [0.15, 0.2) is 48.5 Å². The number of alkyl carbamates (subject to hydrolysis) is 1. The van der Waals surface area contributed by atoms with Gasteiger partial charge in [0.2, 0.25) is 5.91 Å². The van der Waals surface area contributed by atoms with Crippen molar-refractivity contribution >= 4 is 29.6 Å². The van der Waals surface area contributed by atoms with E-state index in [2.05, 4.69) is 22.8 Å². The molecule has 34 heavy (non-hydrogen) atoms. The number of esters is 1. The number of hydrogen-bond donors (Lipinski definition) is 2. The molecule has 1 atom stereocenters. The highest BCUT2D eigenvalue weighted by Crippen LogP contribution is 2.44. The summed E-state index contributed by atoms with van der Waals surface area (Å²) in [6.07, 6.45) is -0.520. The maximum absolute atomic E-state index is 12.6. The van der Waals surface area contributed by atoms with Crippen LogP contribution in [0.25, 0.3) is 11.1 Å². The predicted molar refractivity (Wildman–Crippen MR) is 131 cm³/mol. The molecule has 0 fully saturated rings. The number of carbonyl (C=O) groups excluding carboxylic acids is 3. The van der Waals surface area contributed by atoms with Gasteiger partial charge in [0.1, 0.15) is 18.2 Å². The first kappa shape index (κ1) is 25.6. The van der Waals surface area contributed by atoms with Crippen LogP contribution in [-0.2, 0) is 19.1 Å². The second-order valence-corrected chi connectivity index (χ2v) is 9.52. The number of fused-ring (bicyclic) bond motifs is 3. The fourth-order valence-electron chi connectivity index (χ4n) is 3.94. The van der Waals surface area contributed by atoms with Crippen molar-refractivity contribution in [2.24, 2.45) is 0 Å². The highest BCUT2D eigenvalue weighted by molar-refractivity contribution is 6.17. The van der Waals surface area contributed by atoms with Gasteiger partial charge in [0.15, 0.2) is 0 Å². The van der Waals surface area contributed by atoms with E-state index in [-0.39, 0.29) is 18.9 Å². The van der Waals surface area contributed by atoms with E-state index in [0.29, 0.717) is 18.8 Å². The van der Waals surface area contributed by atoms with Crippen LogP contribution in [0.5, 0.6) is 0 Å². The quantitative estimate of drug-likeness (QED) is 0.312. The van der Waals surface area contributed by atoms with E-state index in [1.807, 2.05) is 36.4 Å². The fraction of sp³-hybridized carbons (Fsp3) is 0.423. The molecule has 0 saturated carbocycles. The Balaban J connectivity index is 1.65. The number of rotatable bonds is 9. The zero-order chi connectivity index (χ0) is 24.7. The van der Waals surface area contributed by atoms with Gasteiger partial charge >= 0.3 is 12.1 Å². The third-order valence-electron chi connectivity index (χ3n) is 5.35. The minimum absolute atomic E-state index is 0.104. The summed E-state index contributed by atoms with van der Waals surface area (Å²) in [6.45, 7) is 5.64. The van der Waals surface area contributed by atoms with Crippen molar-refractivity contribution in [2.75, 3.05) is 19.0 Å². The van der Waals surface area contributed by atoms with E-state index in [0.717, 1.165) is 22.3 Å². The first-order valence-corrected chi connectivity index (χ1v) is 11.9. The summed E-state index contributed by atoms with van der Waals surface area (Å²) in [5, 5.41) is 5.20. The number of benzene rings is 2. The standard InChI is InChI=1S/C26H31ClN2O5/c1-26(2,3)34-23(30)15-22(24(31)28-14-8-13-27)29-25(32)33-16-21-19-11-6-4-9-17(19)18-10-5-7-12-20(18)21/h4-7,9-12,21-22H,8,13-16H2,1-3H3,(H,28,31)(H,29,32). The van der Waals surface area contributed by atoms with Crippen molar-refractivity contribution in [3.63, 3.8) is 0 Å². The van der Waals surface area contributed by atoms with Crippen molar-refractivity contribution in [1.29, 1.82) is 0 Å². The second-order valence-electron chi connectivity index (χ2n) is 9.15. The Bertz CT molecular complexity index is 988. The Hall–Kier alpha value is -3.06. The fourth-order valence-corrected chi connectivity index (χ4v) is 4.08. The maximum atomic E-state index is 12.6. The Morgan fingerprint density at radius 2 is 1.59 bits per heavy atom. The van der Waals surface area contributed by atoms with Crippen molar-refractivity contribution < 1.29 is 23.9 Å². The van der Waals surface area contributed by atoms with Gasteiger partial charge in [-0.3, -0.25) is 9.59 Å². The van der Waals surface area contributed by atoms with Gasteiger partial charge in [-0.05, 0) is 49.4 Å². The molecule has 0 spiro atoms. The van der Waals surface area contributed by atoms with E-state index in [1.54, 1.807) is 20.8 Å². The van der Waals surface area contributed by atoms with Gasteiger partial charge in [-0.1, -0.05) is 48.5 Å². The molecular weight excluding hydrogens is 456 g/mol. The lowest BCUT2D eigenvalue weighted by atomic mass is 9.98. The van der Waals surface area contributed by atoms with Crippen molar-refractivity contribution in [2.45, 2.75) is 51.2 Å². The van der Waals surface area contributed by atoms with Crippen LogP contribution in [0.2, 0.25) is 0 Å². The third-order valence-corrected chi connectivity index (χ3v) is 5.62. The lowest BCUT2D eigenvalue weighted by molar-refractivity contribution is -0.156. The van der Waals surface area contributed by atoms with Gasteiger partial charge < -0.3 is 20.1 Å². The summed E-state index contributed by atoms with van der Waals surface area (Å²) in [5.41, 5.74) is 3.70. The minimum Gasteiger partial charge on any atom is -0.460 e. The van der Waals surface area contributed by atoms with Crippen LogP contribution < -0.4 is 10.6 Å². The Labute approximate surface area is 205 Å². The largest absolute Gasteiger partial charge is 0.460 e. The average Bonchev–Trinajstić information content (AvgIpc) is 3.10. The third kappa shape index (κ3) is 6.73. The van der Waals surface area contributed by atoms with Crippen LogP contribution >= 0.6 is 11.6 Å². The molecule has 7 nitrogen and oxygen atoms in total. The normalized spacial score (nSPS) is 13.4. The molecule has 0 aliphatic heterocycles. The SMILES string of the molecule is CC(C)(C)OC(=O)CC(NC(=O)OCC1c2ccccc2-c2ccccc21)C(=O)NCCCCl. The number of nitrogens with one attached hydrogen (secondary N) is 2. The molecule has 2 N–H and O–H groups in total. The number of hydrogen-bond acceptors (Lipinski definition) is 5. The molecule has 0 radical (unpaired) electrons. The number of carbonyl (C=O) groups is 3. The molecule has 8 heteroatoms. The van der Waals surface area contributed by atoms with Crippen molar-refractivity contribution in [3.05, 3.63) is 59.7 Å². The topological polar surface area (TPSA) is 93.7 Å². The molecule has 3 rings (SSSR count). The van der Waals surface area contributed by atoms with Crippen LogP contribution in [0.1, 0.15) is 50.7 Å². The second kappa shape index (κ2) is 11.4. The molecule has 182 valence electrons. The monoisotopic (exact) mass is 486 g/mol. The molecule has 0 bridgehead atoms. The van der Waals surface area contributed by atoms with Gasteiger partial charge in [-0.2, -0.15) is 0 Å². The summed E-state index contributed by atoms with van der Waals surface area (Å²) in [4.78, 5) is 37.6. The van der Waals surface area contributed by atoms with Gasteiger partial charge in [-0.15, -0.1) is 11.6 Å². The van der Waals surface area contributed by atoms with E-state index in [9.17, 15) is 14.4 Å². The van der Waals surface area contributed by atoms with E-state index >= 15 is 0 Å². The maximum Gasteiger partial charge on any atom is 0.407 e. The van der Waals surface area contributed by atoms with E-state index < -0.39 is 29.6 Å². The molecule has 2 aromatic carbocycles. The van der Waals surface area contributed by atoms with Gasteiger partial charge in [0, 0.05) is 18.3 Å². The van der Waals surface area contributed by atoms with Crippen LogP contribution in [0, 0.1) is 0 Å². The Morgan fingerprint density at radius 1 is 1.00 bits per heavy atom. The summed E-state index contributed by atoms with van der Waals surface area (Å²) in [6, 6.07) is 14.9. The molecule has 2 aromatic rings. The van der Waals surface area contributed by atoms with Crippen LogP contribution in [0.3, 0.4) is 0 Å². The first-order valence-electron chi connectivity index (χ1n) is 11.4. The van der Waals surface area contributed by atoms with Crippen molar-refractivity contribution in [1.82, 2.24) is 10.6 Å². The summed E-state index contributed by atoms with van der Waals surface area (Å²) in [7, 11) is 0. The van der Waals surface area contributed by atoms with Crippen LogP contribution in [-0.4, -0.2) is 48.6 Å². The zero-order valence-corrected chi connectivity index (χ0v) is 20.5. The molecule has 0 heterocycles. The average molecular weight is 487 g/mol. The van der Waals surface area contributed by atoms with Gasteiger partial charge in [0.05, 0.1) is 6.42 Å². The smallest absolute Gasteiger partial charge is 0.407 e. The predicted octanol–water partition coefficient (Wildman–Crippen LogP) is 4.37. The number of alkyl halides is 1. The Morgan fingerprint density at radius 3 is 2.15 bits per heavy atom. The van der Waals surface area contributed by atoms with E-state index in [1.165, 1.54) is 0 Å². The zero-order valence-electron chi connectivity index (χ0n) is 19.7. The van der Waals surface area contributed by atoms with Crippen LogP contribution in [0.4, 0.5) is 4.79 Å². The van der Waals surface area contributed by atoms with Gasteiger partial charge in [-0.25, -0.2) is 4.79 Å². The summed E-state index contributed by atoms with van der Waals surface area (Å²) >= 11 is 5.67. The highest BCUT2D eigenvalue weighted by atomic mass is 35.5. The van der Waals surface area contributed by atoms with E-state index in [4.69, 9.17) is 21.1 Å². The van der Waals surface area contributed by atoms with Crippen molar-refractivity contribution in [3.8, 4) is 11.1 Å². The molecular formula is C26H31ClN2O5. The molecule has 1 aliphatic rings. The molecule has 2 amide bonds. The summed E-state index contributed by atoms with van der Waals surface area (Å²) in [5.74, 6) is -0.815. The number of amides is 2. The molecule has 1 aliphatic carbocycles. The highest BCUT2D eigenvalue weighted by Gasteiger charge is 2.31. The molecule has 0 saturated heterocycles. The minimum atomic E-state index is -1.12. The number of halogens is 1. The summed E-state index contributed by atoms with van der Waals surface area (Å²) < 4.78 is 10.8. The lowest BCUT2D eigenvalue weighted by Gasteiger charge is -2.23. The number of ether oxygens (including phenoxy) is 2. The Kier molecular flexibility index (Phi) is 8.56. The van der Waals surface area contributed by atoms with Gasteiger partial charge in [0.25, 0.3) is 0 Å². The first-order chi connectivity index (χ1) is 16.2. The molecule has 1 unspecified atom stereocenters. The molecule has 0 aromatic heterocycles. The lowest BCUT2D eigenvalue weighted by Crippen LogP contribution is -2.49.